The van der Waals surface area contributed by atoms with E-state index >= 15 is 0 Å². The van der Waals surface area contributed by atoms with Gasteiger partial charge in [0.15, 0.2) is 0 Å². The number of carbonyl (C=O) groups is 2. The van der Waals surface area contributed by atoms with E-state index in [0.29, 0.717) is 16.2 Å². The minimum Gasteiger partial charge on any atom is -0.333 e. The first-order valence-electron chi connectivity index (χ1n) is 5.44. The molecule has 2 rings (SSSR count). The molecule has 1 aliphatic heterocycles. The van der Waals surface area contributed by atoms with Crippen LogP contribution in [0, 0.1) is 6.92 Å². The number of halogens is 1. The van der Waals surface area contributed by atoms with Crippen LogP contribution in [-0.4, -0.2) is 33.9 Å². The minimum atomic E-state index is -0.825. The van der Waals surface area contributed by atoms with Crippen LogP contribution in [0.3, 0.4) is 0 Å². The van der Waals surface area contributed by atoms with Gasteiger partial charge in [-0.2, -0.15) is 0 Å². The zero-order valence-corrected chi connectivity index (χ0v) is 11.9. The van der Waals surface area contributed by atoms with Crippen LogP contribution < -0.4 is 10.2 Å². The number of anilines is 1. The zero-order chi connectivity index (χ0) is 13.5. The highest BCUT2D eigenvalue weighted by Gasteiger charge is 2.41. The Morgan fingerprint density at radius 1 is 1.39 bits per heavy atom. The first-order valence-corrected chi connectivity index (χ1v) is 6.23. The summed E-state index contributed by atoms with van der Waals surface area (Å²) in [6.07, 6.45) is 0. The van der Waals surface area contributed by atoms with E-state index in [1.165, 1.54) is 0 Å². The number of rotatable bonds is 1. The molecule has 1 N–H and O–H groups in total. The van der Waals surface area contributed by atoms with E-state index in [2.05, 4.69) is 31.2 Å². The molecule has 6 nitrogen and oxygen atoms in total. The number of carbonyl (C=O) groups excluding carboxylic acids is 2. The van der Waals surface area contributed by atoms with Gasteiger partial charge >= 0.3 is 0 Å². The summed E-state index contributed by atoms with van der Waals surface area (Å²) in [4.78, 5) is 33.4. The summed E-state index contributed by atoms with van der Waals surface area (Å²) in [5, 5.41) is 2.32. The fourth-order valence-corrected chi connectivity index (χ4v) is 2.27. The molecule has 1 aliphatic rings. The number of hydrogen-bond acceptors (Lipinski definition) is 5. The van der Waals surface area contributed by atoms with Crippen molar-refractivity contribution >= 4 is 33.6 Å². The van der Waals surface area contributed by atoms with E-state index in [-0.39, 0.29) is 18.4 Å². The Labute approximate surface area is 113 Å². The first kappa shape index (κ1) is 12.9. The lowest BCUT2D eigenvalue weighted by Gasteiger charge is -2.40. The molecule has 0 saturated carbocycles. The average molecular weight is 313 g/mol. The van der Waals surface area contributed by atoms with Crippen molar-refractivity contribution in [3.05, 3.63) is 16.5 Å². The predicted octanol–water partition coefficient (Wildman–Crippen LogP) is 0.789. The molecular weight excluding hydrogens is 300 g/mol. The molecule has 2 heterocycles. The molecule has 96 valence electrons. The molecule has 0 aliphatic carbocycles. The second-order valence-electron chi connectivity index (χ2n) is 4.62. The molecular formula is C11H13BrN4O2. The van der Waals surface area contributed by atoms with Crippen molar-refractivity contribution in [2.45, 2.75) is 26.3 Å². The Kier molecular flexibility index (Phi) is 3.10. The van der Waals surface area contributed by atoms with E-state index in [1.807, 2.05) is 0 Å². The predicted molar refractivity (Wildman–Crippen MR) is 69.0 cm³/mol. The van der Waals surface area contributed by atoms with Crippen molar-refractivity contribution in [2.24, 2.45) is 0 Å². The highest BCUT2D eigenvalue weighted by Crippen LogP contribution is 2.26. The summed E-state index contributed by atoms with van der Waals surface area (Å²) in [5.41, 5.74) is -0.825. The monoisotopic (exact) mass is 312 g/mol. The van der Waals surface area contributed by atoms with Crippen molar-refractivity contribution in [3.63, 3.8) is 0 Å². The Bertz CT molecular complexity index is 510. The minimum absolute atomic E-state index is 0.0988. The lowest BCUT2D eigenvalue weighted by Crippen LogP contribution is -2.64. The molecule has 18 heavy (non-hydrogen) atoms. The zero-order valence-electron chi connectivity index (χ0n) is 10.3. The van der Waals surface area contributed by atoms with Crippen LogP contribution in [0.25, 0.3) is 0 Å². The van der Waals surface area contributed by atoms with Gasteiger partial charge in [0, 0.05) is 6.07 Å². The van der Waals surface area contributed by atoms with Gasteiger partial charge in [-0.15, -0.1) is 0 Å². The van der Waals surface area contributed by atoms with E-state index in [0.717, 1.165) is 0 Å². The standard InChI is InChI=1S/C11H13BrN4O2/c1-6-13-7(12)4-8(14-6)16-5-9(17)15-10(18)11(16,2)3/h4H,5H2,1-3H3,(H,15,17,18). The van der Waals surface area contributed by atoms with Gasteiger partial charge in [0.25, 0.3) is 5.91 Å². The van der Waals surface area contributed by atoms with Gasteiger partial charge in [-0.1, -0.05) is 0 Å². The number of piperazine rings is 1. The number of amides is 2. The van der Waals surface area contributed by atoms with Crippen molar-refractivity contribution in [1.82, 2.24) is 15.3 Å². The van der Waals surface area contributed by atoms with Crippen LogP contribution in [0.4, 0.5) is 5.82 Å². The maximum absolute atomic E-state index is 11.9. The molecule has 1 aromatic heterocycles. The normalized spacial score (nSPS) is 18.8. The average Bonchev–Trinajstić information content (AvgIpc) is 2.22. The lowest BCUT2D eigenvalue weighted by molar-refractivity contribution is -0.135. The number of aromatic nitrogens is 2. The van der Waals surface area contributed by atoms with Crippen LogP contribution in [0.1, 0.15) is 19.7 Å². The van der Waals surface area contributed by atoms with Crippen LogP contribution >= 0.6 is 15.9 Å². The number of imide groups is 1. The Morgan fingerprint density at radius 3 is 2.67 bits per heavy atom. The smallest absolute Gasteiger partial charge is 0.251 e. The van der Waals surface area contributed by atoms with Gasteiger partial charge in [-0.25, -0.2) is 9.97 Å². The third kappa shape index (κ3) is 2.22. The lowest BCUT2D eigenvalue weighted by atomic mass is 9.99. The van der Waals surface area contributed by atoms with Gasteiger partial charge in [-0.3, -0.25) is 14.9 Å². The SMILES string of the molecule is Cc1nc(Br)cc(N2CC(=O)NC(=O)C2(C)C)n1. The fraction of sp³-hybridized carbons (Fsp3) is 0.455. The van der Waals surface area contributed by atoms with E-state index in [1.54, 1.807) is 31.7 Å². The highest BCUT2D eigenvalue weighted by atomic mass is 79.9. The van der Waals surface area contributed by atoms with E-state index < -0.39 is 5.54 Å². The topological polar surface area (TPSA) is 75.2 Å². The van der Waals surface area contributed by atoms with Gasteiger partial charge in [0.1, 0.15) is 21.8 Å². The molecule has 0 bridgehead atoms. The summed E-state index contributed by atoms with van der Waals surface area (Å²) >= 11 is 3.28. The van der Waals surface area contributed by atoms with Crippen LogP contribution in [-0.2, 0) is 9.59 Å². The highest BCUT2D eigenvalue weighted by molar-refractivity contribution is 9.10. The van der Waals surface area contributed by atoms with E-state index in [9.17, 15) is 9.59 Å². The molecule has 1 saturated heterocycles. The largest absolute Gasteiger partial charge is 0.333 e. The summed E-state index contributed by atoms with van der Waals surface area (Å²) in [6.45, 7) is 5.36. The molecule has 0 spiro atoms. The molecule has 0 radical (unpaired) electrons. The second kappa shape index (κ2) is 4.31. The molecule has 0 atom stereocenters. The van der Waals surface area contributed by atoms with Gasteiger partial charge in [0.05, 0.1) is 6.54 Å². The molecule has 0 aromatic carbocycles. The van der Waals surface area contributed by atoms with Crippen molar-refractivity contribution in [1.29, 1.82) is 0 Å². The molecule has 2 amide bonds. The fourth-order valence-electron chi connectivity index (χ4n) is 1.81. The molecule has 1 aromatic rings. The van der Waals surface area contributed by atoms with Gasteiger partial charge < -0.3 is 4.90 Å². The summed E-state index contributed by atoms with van der Waals surface area (Å²) in [6, 6.07) is 1.70. The summed E-state index contributed by atoms with van der Waals surface area (Å²) in [7, 11) is 0. The Hall–Kier alpha value is -1.50. The van der Waals surface area contributed by atoms with Crippen LogP contribution in [0.5, 0.6) is 0 Å². The second-order valence-corrected chi connectivity index (χ2v) is 5.43. The number of hydrogen-bond donors (Lipinski definition) is 1. The number of aryl methyl sites for hydroxylation is 1. The molecule has 0 unspecified atom stereocenters. The maximum Gasteiger partial charge on any atom is 0.251 e. The summed E-state index contributed by atoms with van der Waals surface area (Å²) in [5.74, 6) is 0.481. The quantitative estimate of drug-likeness (QED) is 0.613. The Morgan fingerprint density at radius 2 is 2.06 bits per heavy atom. The van der Waals surface area contributed by atoms with Crippen molar-refractivity contribution in [2.75, 3.05) is 11.4 Å². The number of nitrogens with zero attached hydrogens (tertiary/aromatic N) is 3. The first-order chi connectivity index (χ1) is 8.30. The molecule has 7 heteroatoms. The molecule has 1 fully saturated rings. The van der Waals surface area contributed by atoms with Crippen LogP contribution in [0.15, 0.2) is 10.7 Å². The van der Waals surface area contributed by atoms with Crippen molar-refractivity contribution in [3.8, 4) is 0 Å². The van der Waals surface area contributed by atoms with Gasteiger partial charge in [-0.05, 0) is 36.7 Å². The maximum atomic E-state index is 11.9. The third-order valence-electron chi connectivity index (χ3n) is 2.85. The van der Waals surface area contributed by atoms with Gasteiger partial charge in [0.2, 0.25) is 5.91 Å². The Balaban J connectivity index is 2.46. The van der Waals surface area contributed by atoms with Crippen LogP contribution in [0.2, 0.25) is 0 Å². The third-order valence-corrected chi connectivity index (χ3v) is 3.26. The van der Waals surface area contributed by atoms with E-state index in [4.69, 9.17) is 0 Å². The summed E-state index contributed by atoms with van der Waals surface area (Å²) < 4.78 is 0.624. The number of nitrogens with one attached hydrogen (secondary N) is 1. The van der Waals surface area contributed by atoms with Crippen molar-refractivity contribution < 1.29 is 9.59 Å².